The highest BCUT2D eigenvalue weighted by Gasteiger charge is 2.29. The Bertz CT molecular complexity index is 1010. The molecule has 0 atom stereocenters. The highest BCUT2D eigenvalue weighted by atomic mass is 35.5. The van der Waals surface area contributed by atoms with E-state index in [1.165, 1.54) is 0 Å². The minimum Gasteiger partial charge on any atom is -0.387 e. The van der Waals surface area contributed by atoms with Crippen molar-refractivity contribution in [1.82, 2.24) is 25.1 Å². The van der Waals surface area contributed by atoms with Crippen molar-refractivity contribution in [1.29, 1.82) is 0 Å². The van der Waals surface area contributed by atoms with E-state index in [4.69, 9.17) is 22.4 Å². The number of anilines is 1. The molecule has 3 heterocycles. The van der Waals surface area contributed by atoms with Crippen LogP contribution in [-0.4, -0.2) is 55.8 Å². The van der Waals surface area contributed by atoms with Crippen LogP contribution in [0, 0.1) is 0 Å². The van der Waals surface area contributed by atoms with E-state index >= 15 is 0 Å². The first-order valence-electron chi connectivity index (χ1n) is 9.38. The van der Waals surface area contributed by atoms with Gasteiger partial charge in [0, 0.05) is 47.0 Å². The summed E-state index contributed by atoms with van der Waals surface area (Å²) in [5.74, 6) is 0.135. The fourth-order valence-corrected chi connectivity index (χ4v) is 3.88. The number of rotatable bonds is 4. The lowest BCUT2D eigenvalue weighted by molar-refractivity contribution is -0.135. The Labute approximate surface area is 172 Å². The van der Waals surface area contributed by atoms with Crippen LogP contribution in [0.25, 0.3) is 22.5 Å². The van der Waals surface area contributed by atoms with Crippen LogP contribution < -0.4 is 5.73 Å². The van der Waals surface area contributed by atoms with E-state index in [0.29, 0.717) is 23.8 Å². The van der Waals surface area contributed by atoms with Crippen molar-refractivity contribution in [2.75, 3.05) is 25.4 Å². The number of nitrogens with one attached hydrogen (secondary N) is 1. The number of hydrogen-bond acceptors (Lipinski definition) is 6. The molecule has 8 nitrogen and oxygen atoms in total. The minimum absolute atomic E-state index is 0.178. The van der Waals surface area contributed by atoms with E-state index in [9.17, 15) is 4.79 Å². The van der Waals surface area contributed by atoms with Crippen molar-refractivity contribution >= 4 is 23.5 Å². The van der Waals surface area contributed by atoms with E-state index in [2.05, 4.69) is 20.2 Å². The minimum atomic E-state index is -0.457. The first-order chi connectivity index (χ1) is 14.1. The molecule has 3 aromatic rings. The molecule has 29 heavy (non-hydrogen) atoms. The third-order valence-corrected chi connectivity index (χ3v) is 5.49. The summed E-state index contributed by atoms with van der Waals surface area (Å²) in [6.45, 7) is 0.719. The molecule has 4 N–H and O–H groups in total. The summed E-state index contributed by atoms with van der Waals surface area (Å²) in [4.78, 5) is 21.9. The molecule has 1 aromatic carbocycles. The predicted octanol–water partition coefficient (Wildman–Crippen LogP) is 2.47. The second kappa shape index (κ2) is 8.18. The number of nitrogens with zero attached hydrogens (tertiary/aromatic N) is 4. The summed E-state index contributed by atoms with van der Waals surface area (Å²) in [6, 6.07) is 9.29. The van der Waals surface area contributed by atoms with E-state index in [1.54, 1.807) is 11.1 Å². The fourth-order valence-electron chi connectivity index (χ4n) is 3.76. The largest absolute Gasteiger partial charge is 0.387 e. The number of carbonyl (C=O) groups excluding carboxylic acids is 1. The zero-order valence-electron chi connectivity index (χ0n) is 15.7. The van der Waals surface area contributed by atoms with E-state index in [-0.39, 0.29) is 17.8 Å². The van der Waals surface area contributed by atoms with Gasteiger partial charge in [0.15, 0.2) is 0 Å². The van der Waals surface area contributed by atoms with Crippen LogP contribution in [0.15, 0.2) is 36.5 Å². The molecule has 0 radical (unpaired) electrons. The van der Waals surface area contributed by atoms with Gasteiger partial charge in [0.05, 0.1) is 5.69 Å². The second-order valence-electron chi connectivity index (χ2n) is 6.98. The van der Waals surface area contributed by atoms with Gasteiger partial charge in [-0.3, -0.25) is 9.89 Å². The lowest BCUT2D eigenvalue weighted by atomic mass is 9.89. The predicted molar refractivity (Wildman–Crippen MR) is 110 cm³/mol. The molecule has 1 aliphatic heterocycles. The SMILES string of the molecule is Nc1nccc(-c2c(-c3ccc(Cl)cc3)n[nH]c2C2CCN(C(=O)CO)CC2)n1. The summed E-state index contributed by atoms with van der Waals surface area (Å²) in [7, 11) is 0. The molecular weight excluding hydrogens is 392 g/mol. The van der Waals surface area contributed by atoms with E-state index < -0.39 is 6.61 Å². The van der Waals surface area contributed by atoms with Crippen molar-refractivity contribution in [3.05, 3.63) is 47.2 Å². The quantitative estimate of drug-likeness (QED) is 0.605. The van der Waals surface area contributed by atoms with Crippen LogP contribution in [0.2, 0.25) is 5.02 Å². The number of aromatic nitrogens is 4. The van der Waals surface area contributed by atoms with Crippen molar-refractivity contribution in [2.24, 2.45) is 0 Å². The van der Waals surface area contributed by atoms with Crippen molar-refractivity contribution in [3.8, 4) is 22.5 Å². The van der Waals surface area contributed by atoms with Crippen LogP contribution >= 0.6 is 11.6 Å². The maximum atomic E-state index is 11.8. The monoisotopic (exact) mass is 412 g/mol. The van der Waals surface area contributed by atoms with Crippen LogP contribution in [0.3, 0.4) is 0 Å². The molecule has 0 saturated carbocycles. The van der Waals surface area contributed by atoms with E-state index in [1.807, 2.05) is 30.3 Å². The summed E-state index contributed by atoms with van der Waals surface area (Å²) < 4.78 is 0. The number of aromatic amines is 1. The molecule has 2 aromatic heterocycles. The number of carbonyl (C=O) groups is 1. The van der Waals surface area contributed by atoms with Gasteiger partial charge in [0.25, 0.3) is 0 Å². The molecule has 4 rings (SSSR count). The summed E-state index contributed by atoms with van der Waals surface area (Å²) >= 11 is 6.04. The average molecular weight is 413 g/mol. The molecule has 0 aliphatic carbocycles. The third-order valence-electron chi connectivity index (χ3n) is 5.23. The second-order valence-corrected chi connectivity index (χ2v) is 7.42. The molecule has 1 fully saturated rings. The number of amides is 1. The molecule has 1 amide bonds. The Hall–Kier alpha value is -2.97. The number of aliphatic hydroxyl groups excluding tert-OH is 1. The Morgan fingerprint density at radius 3 is 2.62 bits per heavy atom. The average Bonchev–Trinajstić information content (AvgIpc) is 3.19. The molecule has 1 aliphatic rings. The van der Waals surface area contributed by atoms with Gasteiger partial charge in [-0.25, -0.2) is 9.97 Å². The van der Waals surface area contributed by atoms with E-state index in [0.717, 1.165) is 35.4 Å². The van der Waals surface area contributed by atoms with Crippen molar-refractivity contribution < 1.29 is 9.90 Å². The first kappa shape index (κ1) is 19.4. The number of nitrogen functional groups attached to an aromatic ring is 1. The molecule has 0 spiro atoms. The van der Waals surface area contributed by atoms with Crippen LogP contribution in [-0.2, 0) is 4.79 Å². The number of aliphatic hydroxyl groups is 1. The van der Waals surface area contributed by atoms with Gasteiger partial charge in [-0.15, -0.1) is 0 Å². The number of likely N-dealkylation sites (tertiary alicyclic amines) is 1. The Morgan fingerprint density at radius 1 is 1.24 bits per heavy atom. The number of benzene rings is 1. The van der Waals surface area contributed by atoms with Crippen LogP contribution in [0.1, 0.15) is 24.5 Å². The van der Waals surface area contributed by atoms with Gasteiger partial charge in [-0.1, -0.05) is 23.7 Å². The molecule has 9 heteroatoms. The topological polar surface area (TPSA) is 121 Å². The van der Waals surface area contributed by atoms with Crippen molar-refractivity contribution in [2.45, 2.75) is 18.8 Å². The number of H-pyrrole nitrogens is 1. The van der Waals surface area contributed by atoms with Gasteiger partial charge >= 0.3 is 0 Å². The molecule has 1 saturated heterocycles. The lowest BCUT2D eigenvalue weighted by Crippen LogP contribution is -2.39. The van der Waals surface area contributed by atoms with Gasteiger partial charge in [-0.05, 0) is 31.0 Å². The maximum absolute atomic E-state index is 11.8. The molecular formula is C20H21ClN6O2. The maximum Gasteiger partial charge on any atom is 0.248 e. The Kier molecular flexibility index (Phi) is 5.46. The van der Waals surface area contributed by atoms with Crippen molar-refractivity contribution in [3.63, 3.8) is 0 Å². The standard InChI is InChI=1S/C20H21ClN6O2/c21-14-3-1-12(2-4-14)18-17(15-5-8-23-20(22)24-15)19(26-25-18)13-6-9-27(10-7-13)16(29)11-28/h1-5,8,13,28H,6-7,9-11H2,(H,25,26)(H2,22,23,24). The summed E-state index contributed by atoms with van der Waals surface area (Å²) in [6.07, 6.45) is 3.16. The zero-order valence-corrected chi connectivity index (χ0v) is 16.4. The molecule has 0 unspecified atom stereocenters. The van der Waals surface area contributed by atoms with Gasteiger partial charge in [0.2, 0.25) is 11.9 Å². The van der Waals surface area contributed by atoms with Gasteiger partial charge < -0.3 is 15.7 Å². The third kappa shape index (κ3) is 3.94. The number of nitrogens with two attached hydrogens (primary N) is 1. The number of piperidine rings is 1. The molecule has 150 valence electrons. The van der Waals surface area contributed by atoms with Crippen LogP contribution in [0.5, 0.6) is 0 Å². The van der Waals surface area contributed by atoms with Gasteiger partial charge in [0.1, 0.15) is 12.3 Å². The number of halogens is 1. The normalized spacial score (nSPS) is 14.9. The lowest BCUT2D eigenvalue weighted by Gasteiger charge is -2.31. The number of hydrogen-bond donors (Lipinski definition) is 3. The molecule has 0 bridgehead atoms. The Balaban J connectivity index is 1.73. The Morgan fingerprint density at radius 2 is 1.97 bits per heavy atom. The smallest absolute Gasteiger partial charge is 0.248 e. The highest BCUT2D eigenvalue weighted by molar-refractivity contribution is 6.30. The first-order valence-corrected chi connectivity index (χ1v) is 9.76. The summed E-state index contributed by atoms with van der Waals surface area (Å²) in [5.41, 5.74) is 10.1. The zero-order chi connectivity index (χ0) is 20.4. The van der Waals surface area contributed by atoms with Crippen LogP contribution in [0.4, 0.5) is 5.95 Å². The summed E-state index contributed by atoms with van der Waals surface area (Å²) in [5, 5.41) is 17.5. The van der Waals surface area contributed by atoms with Gasteiger partial charge in [-0.2, -0.15) is 5.10 Å². The highest BCUT2D eigenvalue weighted by Crippen LogP contribution is 2.39. The fraction of sp³-hybridized carbons (Fsp3) is 0.300.